The monoisotopic (exact) mass is 324 g/mol. The van der Waals surface area contributed by atoms with Crippen molar-refractivity contribution in [1.82, 2.24) is 10.4 Å². The van der Waals surface area contributed by atoms with Crippen LogP contribution < -0.4 is 24.4 Å². The highest BCUT2D eigenvalue weighted by Gasteiger charge is 2.16. The smallest absolute Gasteiger partial charge is 0.272 e. The van der Waals surface area contributed by atoms with Gasteiger partial charge in [-0.05, 0) is 12.8 Å². The van der Waals surface area contributed by atoms with Crippen LogP contribution in [-0.4, -0.2) is 51.9 Å². The van der Waals surface area contributed by atoms with E-state index in [2.05, 4.69) is 5.43 Å². The third-order valence-corrected chi connectivity index (χ3v) is 3.65. The molecule has 1 aromatic carbocycles. The van der Waals surface area contributed by atoms with Crippen LogP contribution in [0.1, 0.15) is 19.3 Å². The van der Waals surface area contributed by atoms with Crippen molar-refractivity contribution in [2.45, 2.75) is 19.3 Å². The highest BCUT2D eigenvalue weighted by molar-refractivity contribution is 5.77. The fourth-order valence-corrected chi connectivity index (χ4v) is 2.50. The van der Waals surface area contributed by atoms with Gasteiger partial charge in [-0.15, -0.1) is 0 Å². The van der Waals surface area contributed by atoms with Crippen LogP contribution in [-0.2, 0) is 4.79 Å². The lowest BCUT2D eigenvalue weighted by Gasteiger charge is -2.26. The standard InChI is InChI=1S/C16H24N2O5/c1-20-13-9-12(10-14(21-2)16(13)22-3)23-11-15(19)17-18-7-5-4-6-8-18/h9-10H,4-8,11H2,1-3H3,(H,17,19). The maximum atomic E-state index is 12.0. The number of amides is 1. The van der Waals surface area contributed by atoms with Gasteiger partial charge in [-0.3, -0.25) is 10.2 Å². The Kier molecular flexibility index (Phi) is 6.34. The third kappa shape index (κ3) is 4.66. The second-order valence-corrected chi connectivity index (χ2v) is 5.23. The molecule has 7 heteroatoms. The van der Waals surface area contributed by atoms with Gasteiger partial charge in [-0.1, -0.05) is 6.42 Å². The van der Waals surface area contributed by atoms with E-state index in [1.54, 1.807) is 12.1 Å². The van der Waals surface area contributed by atoms with Crippen LogP contribution in [0.25, 0.3) is 0 Å². The highest BCUT2D eigenvalue weighted by Crippen LogP contribution is 2.40. The minimum absolute atomic E-state index is 0.0743. The van der Waals surface area contributed by atoms with Gasteiger partial charge in [-0.25, -0.2) is 5.01 Å². The minimum atomic E-state index is -0.180. The Morgan fingerprint density at radius 1 is 1.04 bits per heavy atom. The van der Waals surface area contributed by atoms with Gasteiger partial charge in [0.05, 0.1) is 21.3 Å². The summed E-state index contributed by atoms with van der Waals surface area (Å²) >= 11 is 0. The number of methoxy groups -OCH3 is 3. The van der Waals surface area contributed by atoms with Crippen LogP contribution >= 0.6 is 0 Å². The second-order valence-electron chi connectivity index (χ2n) is 5.23. The summed E-state index contributed by atoms with van der Waals surface area (Å²) in [7, 11) is 4.60. The number of hydrogen-bond acceptors (Lipinski definition) is 6. The number of rotatable bonds is 7. The van der Waals surface area contributed by atoms with Crippen LogP contribution in [0.2, 0.25) is 0 Å². The number of carbonyl (C=O) groups excluding carboxylic acids is 1. The van der Waals surface area contributed by atoms with E-state index in [9.17, 15) is 4.79 Å². The first-order valence-electron chi connectivity index (χ1n) is 7.65. The molecule has 1 fully saturated rings. The predicted octanol–water partition coefficient (Wildman–Crippen LogP) is 1.61. The molecule has 0 unspecified atom stereocenters. The molecule has 7 nitrogen and oxygen atoms in total. The Morgan fingerprint density at radius 2 is 1.65 bits per heavy atom. The summed E-state index contributed by atoms with van der Waals surface area (Å²) in [5.74, 6) is 1.76. The van der Waals surface area contributed by atoms with Crippen LogP contribution in [0, 0.1) is 0 Å². The molecule has 1 heterocycles. The van der Waals surface area contributed by atoms with Crippen molar-refractivity contribution in [3.05, 3.63) is 12.1 Å². The summed E-state index contributed by atoms with van der Waals surface area (Å²) in [4.78, 5) is 12.0. The third-order valence-electron chi connectivity index (χ3n) is 3.65. The highest BCUT2D eigenvalue weighted by atomic mass is 16.5. The number of piperidine rings is 1. The maximum Gasteiger partial charge on any atom is 0.272 e. The van der Waals surface area contributed by atoms with Crippen molar-refractivity contribution in [3.8, 4) is 23.0 Å². The molecule has 1 saturated heterocycles. The predicted molar refractivity (Wildman–Crippen MR) is 85.2 cm³/mol. The fourth-order valence-electron chi connectivity index (χ4n) is 2.50. The molecule has 1 amide bonds. The molecule has 23 heavy (non-hydrogen) atoms. The van der Waals surface area contributed by atoms with Crippen molar-refractivity contribution in [1.29, 1.82) is 0 Å². The van der Waals surface area contributed by atoms with Gasteiger partial charge in [0.25, 0.3) is 5.91 Å². The Labute approximate surface area is 136 Å². The van der Waals surface area contributed by atoms with Crippen LogP contribution in [0.4, 0.5) is 0 Å². The summed E-state index contributed by atoms with van der Waals surface area (Å²) in [6, 6.07) is 3.32. The summed E-state index contributed by atoms with van der Waals surface area (Å²) < 4.78 is 21.3. The Hall–Kier alpha value is -2.15. The average molecular weight is 324 g/mol. The van der Waals surface area contributed by atoms with Crippen LogP contribution in [0.3, 0.4) is 0 Å². The van der Waals surface area contributed by atoms with Crippen LogP contribution in [0.5, 0.6) is 23.0 Å². The molecule has 1 aliphatic heterocycles. The molecule has 2 rings (SSSR count). The van der Waals surface area contributed by atoms with E-state index < -0.39 is 0 Å². The Bertz CT molecular complexity index is 504. The number of nitrogens with zero attached hydrogens (tertiary/aromatic N) is 1. The Morgan fingerprint density at radius 3 is 2.17 bits per heavy atom. The fraction of sp³-hybridized carbons (Fsp3) is 0.562. The van der Waals surface area contributed by atoms with Crippen molar-refractivity contribution < 1.29 is 23.7 Å². The minimum Gasteiger partial charge on any atom is -0.493 e. The summed E-state index contributed by atoms with van der Waals surface area (Å²) in [5, 5.41) is 1.93. The van der Waals surface area contributed by atoms with Gasteiger partial charge < -0.3 is 18.9 Å². The van der Waals surface area contributed by atoms with Gasteiger partial charge in [0.15, 0.2) is 18.1 Å². The van der Waals surface area contributed by atoms with E-state index in [-0.39, 0.29) is 12.5 Å². The van der Waals surface area contributed by atoms with Gasteiger partial charge in [0.1, 0.15) is 5.75 Å². The van der Waals surface area contributed by atoms with Crippen molar-refractivity contribution in [3.63, 3.8) is 0 Å². The zero-order valence-electron chi connectivity index (χ0n) is 13.9. The van der Waals surface area contributed by atoms with E-state index in [4.69, 9.17) is 18.9 Å². The molecule has 0 saturated carbocycles. The van der Waals surface area contributed by atoms with Crippen LogP contribution in [0.15, 0.2) is 12.1 Å². The molecule has 0 bridgehead atoms. The quantitative estimate of drug-likeness (QED) is 0.822. The van der Waals surface area contributed by atoms with Crippen molar-refractivity contribution in [2.24, 2.45) is 0 Å². The zero-order valence-corrected chi connectivity index (χ0v) is 13.9. The van der Waals surface area contributed by atoms with Gasteiger partial charge in [-0.2, -0.15) is 0 Å². The number of ether oxygens (including phenoxy) is 4. The van der Waals surface area contributed by atoms with E-state index >= 15 is 0 Å². The lowest BCUT2D eigenvalue weighted by molar-refractivity contribution is -0.128. The topological polar surface area (TPSA) is 69.3 Å². The second kappa shape index (κ2) is 8.47. The molecule has 0 radical (unpaired) electrons. The lowest BCUT2D eigenvalue weighted by atomic mass is 10.2. The van der Waals surface area contributed by atoms with Gasteiger partial charge in [0.2, 0.25) is 5.75 Å². The molecule has 1 aliphatic rings. The van der Waals surface area contributed by atoms with Gasteiger partial charge >= 0.3 is 0 Å². The van der Waals surface area contributed by atoms with Crippen molar-refractivity contribution in [2.75, 3.05) is 41.0 Å². The SMILES string of the molecule is COc1cc(OCC(=O)NN2CCCCC2)cc(OC)c1OC. The number of benzene rings is 1. The Balaban J connectivity index is 1.95. The lowest BCUT2D eigenvalue weighted by Crippen LogP contribution is -2.46. The van der Waals surface area contributed by atoms with E-state index in [0.29, 0.717) is 23.0 Å². The van der Waals surface area contributed by atoms with E-state index in [1.807, 2.05) is 5.01 Å². The molecule has 1 aromatic rings. The molecule has 0 aliphatic carbocycles. The molecular weight excluding hydrogens is 300 g/mol. The summed E-state index contributed by atoms with van der Waals surface area (Å²) in [5.41, 5.74) is 2.85. The van der Waals surface area contributed by atoms with Crippen molar-refractivity contribution >= 4 is 5.91 Å². The average Bonchev–Trinajstić information content (AvgIpc) is 2.59. The molecular formula is C16H24N2O5. The zero-order chi connectivity index (χ0) is 16.7. The van der Waals surface area contributed by atoms with E-state index in [1.165, 1.54) is 27.8 Å². The number of nitrogens with one attached hydrogen (secondary N) is 1. The number of hydrogen-bond donors (Lipinski definition) is 1. The molecule has 0 spiro atoms. The normalized spacial score (nSPS) is 14.9. The first kappa shape index (κ1) is 17.2. The van der Waals surface area contributed by atoms with Gasteiger partial charge in [0, 0.05) is 25.2 Å². The molecule has 128 valence electrons. The molecule has 0 atom stereocenters. The van der Waals surface area contributed by atoms with E-state index in [0.717, 1.165) is 25.9 Å². The summed E-state index contributed by atoms with van der Waals surface area (Å²) in [6.45, 7) is 1.70. The first-order valence-corrected chi connectivity index (χ1v) is 7.65. The maximum absolute atomic E-state index is 12.0. The number of carbonyl (C=O) groups is 1. The first-order chi connectivity index (χ1) is 11.2. The molecule has 1 N–H and O–H groups in total. The number of hydrazine groups is 1. The molecule has 0 aromatic heterocycles. The summed E-state index contributed by atoms with van der Waals surface area (Å²) in [6.07, 6.45) is 3.43. The largest absolute Gasteiger partial charge is 0.493 e.